The van der Waals surface area contributed by atoms with Crippen molar-refractivity contribution in [1.29, 1.82) is 0 Å². The van der Waals surface area contributed by atoms with Gasteiger partial charge in [-0.25, -0.2) is 4.79 Å². The Bertz CT molecular complexity index is 709. The smallest absolute Gasteiger partial charge is 0.338 e. The summed E-state index contributed by atoms with van der Waals surface area (Å²) in [5.41, 5.74) is 0.491. The highest BCUT2D eigenvalue weighted by Gasteiger charge is 2.50. The molecule has 1 saturated carbocycles. The Morgan fingerprint density at radius 2 is 2.00 bits per heavy atom. The minimum atomic E-state index is -0.389. The fraction of sp³-hybridized carbons (Fsp3) is 0.500. The number of ketones is 1. The molecule has 1 aliphatic heterocycles. The monoisotopic (exact) mass is 370 g/mol. The van der Waals surface area contributed by atoms with E-state index in [-0.39, 0.29) is 41.8 Å². The topological polar surface area (TPSA) is 69.7 Å². The third-order valence-electron chi connectivity index (χ3n) is 5.35. The van der Waals surface area contributed by atoms with Gasteiger partial charge in [0.1, 0.15) is 12.2 Å². The molecule has 2 aliphatic rings. The van der Waals surface area contributed by atoms with Crippen molar-refractivity contribution in [1.82, 2.24) is 0 Å². The van der Waals surface area contributed by atoms with Crippen LogP contribution in [0.15, 0.2) is 42.5 Å². The van der Waals surface area contributed by atoms with E-state index in [0.29, 0.717) is 24.8 Å². The predicted octanol–water partition coefficient (Wildman–Crippen LogP) is 3.87. The summed E-state index contributed by atoms with van der Waals surface area (Å²) in [4.78, 5) is 36.2. The number of fused-ring (bicyclic) bond motifs is 1. The van der Waals surface area contributed by atoms with Gasteiger partial charge < -0.3 is 9.47 Å². The van der Waals surface area contributed by atoms with E-state index in [0.717, 1.165) is 19.3 Å². The molecule has 5 nitrogen and oxygen atoms in total. The van der Waals surface area contributed by atoms with Crippen molar-refractivity contribution in [3.05, 3.63) is 48.0 Å². The van der Waals surface area contributed by atoms with E-state index >= 15 is 0 Å². The summed E-state index contributed by atoms with van der Waals surface area (Å²) in [6, 6.07) is 8.83. The maximum Gasteiger partial charge on any atom is 0.338 e. The zero-order chi connectivity index (χ0) is 19.2. The van der Waals surface area contributed by atoms with Crippen molar-refractivity contribution in [3.8, 4) is 0 Å². The van der Waals surface area contributed by atoms with Gasteiger partial charge >= 0.3 is 11.9 Å². The number of allylic oxidation sites excluding steroid dienone is 1. The van der Waals surface area contributed by atoms with Gasteiger partial charge in [0, 0.05) is 24.7 Å². The first-order valence-electron chi connectivity index (χ1n) is 9.75. The molecule has 3 rings (SSSR count). The van der Waals surface area contributed by atoms with Crippen molar-refractivity contribution in [2.45, 2.75) is 57.7 Å². The summed E-state index contributed by atoms with van der Waals surface area (Å²) in [5.74, 6) is -0.745. The first-order valence-corrected chi connectivity index (χ1v) is 9.75. The molecule has 4 atom stereocenters. The SMILES string of the molecule is CCCCCC(=O)C=CC1C(OC(=O)c2ccccc2)CC2OC(=O)CC21. The fourth-order valence-electron chi connectivity index (χ4n) is 3.92. The lowest BCUT2D eigenvalue weighted by molar-refractivity contribution is -0.141. The normalized spacial score (nSPS) is 26.8. The zero-order valence-electron chi connectivity index (χ0n) is 15.6. The summed E-state index contributed by atoms with van der Waals surface area (Å²) in [7, 11) is 0. The largest absolute Gasteiger partial charge is 0.462 e. The average molecular weight is 370 g/mol. The van der Waals surface area contributed by atoms with Gasteiger partial charge in [-0.05, 0) is 24.6 Å². The molecule has 0 aromatic heterocycles. The minimum absolute atomic E-state index is 0.0363. The highest BCUT2D eigenvalue weighted by Crippen LogP contribution is 2.43. The van der Waals surface area contributed by atoms with Crippen molar-refractivity contribution < 1.29 is 23.9 Å². The van der Waals surface area contributed by atoms with Crippen molar-refractivity contribution >= 4 is 17.7 Å². The molecule has 1 heterocycles. The Labute approximate surface area is 159 Å². The molecule has 1 aliphatic carbocycles. The second kappa shape index (κ2) is 8.98. The quantitative estimate of drug-likeness (QED) is 0.395. The van der Waals surface area contributed by atoms with Crippen LogP contribution < -0.4 is 0 Å². The molecule has 0 bridgehead atoms. The first-order chi connectivity index (χ1) is 13.1. The van der Waals surface area contributed by atoms with Gasteiger partial charge in [0.25, 0.3) is 0 Å². The molecule has 0 amide bonds. The van der Waals surface area contributed by atoms with Gasteiger partial charge in [-0.2, -0.15) is 0 Å². The van der Waals surface area contributed by atoms with Crippen LogP contribution >= 0.6 is 0 Å². The predicted molar refractivity (Wildman–Crippen MR) is 100 cm³/mol. The van der Waals surface area contributed by atoms with Crippen LogP contribution in [0.3, 0.4) is 0 Å². The number of unbranched alkanes of at least 4 members (excludes halogenated alkanes) is 2. The standard InChI is InChI=1S/C22H26O5/c1-2-3-5-10-16(23)11-12-17-18-13-21(24)26-20(18)14-19(17)27-22(25)15-8-6-4-7-9-15/h4,6-9,11-12,17-20H,2-3,5,10,13-14H2,1H3. The molecular weight excluding hydrogens is 344 g/mol. The van der Waals surface area contributed by atoms with Crippen LogP contribution in [-0.2, 0) is 19.1 Å². The molecule has 5 heteroatoms. The highest BCUT2D eigenvalue weighted by molar-refractivity contribution is 5.90. The summed E-state index contributed by atoms with van der Waals surface area (Å²) in [6.45, 7) is 2.10. The van der Waals surface area contributed by atoms with Gasteiger partial charge in [-0.15, -0.1) is 0 Å². The molecular formula is C22H26O5. The van der Waals surface area contributed by atoms with Crippen molar-refractivity contribution in [3.63, 3.8) is 0 Å². The van der Waals surface area contributed by atoms with Gasteiger partial charge in [-0.1, -0.05) is 44.0 Å². The second-order valence-electron chi connectivity index (χ2n) is 7.30. The van der Waals surface area contributed by atoms with E-state index in [1.165, 1.54) is 0 Å². The van der Waals surface area contributed by atoms with Crippen LogP contribution in [0, 0.1) is 11.8 Å². The van der Waals surface area contributed by atoms with Gasteiger partial charge in [0.15, 0.2) is 5.78 Å². The van der Waals surface area contributed by atoms with Gasteiger partial charge in [0.2, 0.25) is 0 Å². The summed E-state index contributed by atoms with van der Waals surface area (Å²) >= 11 is 0. The van der Waals surface area contributed by atoms with E-state index in [9.17, 15) is 14.4 Å². The lowest BCUT2D eigenvalue weighted by atomic mass is 9.91. The van der Waals surface area contributed by atoms with E-state index < -0.39 is 0 Å². The lowest BCUT2D eigenvalue weighted by Crippen LogP contribution is -2.24. The molecule has 1 aromatic rings. The number of rotatable bonds is 8. The van der Waals surface area contributed by atoms with Crippen LogP contribution in [0.5, 0.6) is 0 Å². The molecule has 0 N–H and O–H groups in total. The van der Waals surface area contributed by atoms with Gasteiger partial charge in [0.05, 0.1) is 12.0 Å². The summed E-state index contributed by atoms with van der Waals surface area (Å²) in [6.07, 6.45) is 7.08. The van der Waals surface area contributed by atoms with Crippen molar-refractivity contribution in [2.75, 3.05) is 0 Å². The number of hydrogen-bond donors (Lipinski definition) is 0. The maximum atomic E-state index is 12.4. The Hall–Kier alpha value is -2.43. The number of esters is 2. The van der Waals surface area contributed by atoms with Crippen LogP contribution in [0.2, 0.25) is 0 Å². The Morgan fingerprint density at radius 3 is 2.74 bits per heavy atom. The molecule has 4 unspecified atom stereocenters. The number of carbonyl (C=O) groups is 3. The third kappa shape index (κ3) is 4.85. The average Bonchev–Trinajstić information content (AvgIpc) is 3.16. The molecule has 0 spiro atoms. The van der Waals surface area contributed by atoms with Crippen LogP contribution in [-0.4, -0.2) is 29.9 Å². The molecule has 1 aromatic carbocycles. The minimum Gasteiger partial charge on any atom is -0.462 e. The number of ether oxygens (including phenoxy) is 2. The highest BCUT2D eigenvalue weighted by atomic mass is 16.6. The zero-order valence-corrected chi connectivity index (χ0v) is 15.6. The fourth-order valence-corrected chi connectivity index (χ4v) is 3.92. The molecule has 0 radical (unpaired) electrons. The molecule has 144 valence electrons. The maximum absolute atomic E-state index is 12.4. The Morgan fingerprint density at radius 1 is 1.22 bits per heavy atom. The third-order valence-corrected chi connectivity index (χ3v) is 5.35. The lowest BCUT2D eigenvalue weighted by Gasteiger charge is -2.20. The number of carbonyl (C=O) groups excluding carboxylic acids is 3. The van der Waals surface area contributed by atoms with E-state index in [1.54, 1.807) is 30.3 Å². The molecule has 1 saturated heterocycles. The first kappa shape index (κ1) is 19.3. The van der Waals surface area contributed by atoms with E-state index in [2.05, 4.69) is 6.92 Å². The van der Waals surface area contributed by atoms with Gasteiger partial charge in [-0.3, -0.25) is 9.59 Å². The summed E-state index contributed by atoms with van der Waals surface area (Å²) in [5, 5.41) is 0. The van der Waals surface area contributed by atoms with E-state index in [1.807, 2.05) is 12.1 Å². The summed E-state index contributed by atoms with van der Waals surface area (Å²) < 4.78 is 11.1. The number of benzene rings is 1. The Kier molecular flexibility index (Phi) is 6.43. The van der Waals surface area contributed by atoms with Crippen LogP contribution in [0.4, 0.5) is 0 Å². The molecule has 27 heavy (non-hydrogen) atoms. The molecule has 2 fully saturated rings. The van der Waals surface area contributed by atoms with Crippen LogP contribution in [0.25, 0.3) is 0 Å². The van der Waals surface area contributed by atoms with Crippen molar-refractivity contribution in [2.24, 2.45) is 11.8 Å². The number of hydrogen-bond acceptors (Lipinski definition) is 5. The van der Waals surface area contributed by atoms with E-state index in [4.69, 9.17) is 9.47 Å². The van der Waals surface area contributed by atoms with Crippen LogP contribution in [0.1, 0.15) is 55.8 Å². The Balaban J connectivity index is 1.67. The second-order valence-corrected chi connectivity index (χ2v) is 7.30.